The molecule has 0 nitrogen and oxygen atoms in total. The summed E-state index contributed by atoms with van der Waals surface area (Å²) < 4.78 is 0. The van der Waals surface area contributed by atoms with Crippen molar-refractivity contribution in [3.8, 4) is 0 Å². The topological polar surface area (TPSA) is 0 Å². The zero-order chi connectivity index (χ0) is 8.36. The molecule has 0 amide bonds. The summed E-state index contributed by atoms with van der Waals surface area (Å²) in [6.07, 6.45) is 2.09. The maximum Gasteiger partial charge on any atom is -0.0103 e. The lowest BCUT2D eigenvalue weighted by Crippen LogP contribution is -2.26. The summed E-state index contributed by atoms with van der Waals surface area (Å²) in [4.78, 5) is 0. The van der Waals surface area contributed by atoms with Crippen LogP contribution in [0.25, 0.3) is 0 Å². The van der Waals surface area contributed by atoms with E-state index in [2.05, 4.69) is 47.3 Å². The third-order valence-corrected chi connectivity index (χ3v) is 2.93. The summed E-state index contributed by atoms with van der Waals surface area (Å²) in [5.74, 6) is 1.37. The summed E-state index contributed by atoms with van der Waals surface area (Å²) in [5, 5.41) is 0. The van der Waals surface area contributed by atoms with Gasteiger partial charge in [0.1, 0.15) is 0 Å². The van der Waals surface area contributed by atoms with E-state index in [9.17, 15) is 0 Å². The van der Waals surface area contributed by atoms with Crippen molar-refractivity contribution in [3.05, 3.63) is 12.7 Å². The van der Waals surface area contributed by atoms with E-state index in [-0.39, 0.29) is 0 Å². The fourth-order valence-corrected chi connectivity index (χ4v) is 1.14. The van der Waals surface area contributed by atoms with Gasteiger partial charge in [0.05, 0.1) is 0 Å². The van der Waals surface area contributed by atoms with Crippen LogP contribution >= 0.6 is 0 Å². The van der Waals surface area contributed by atoms with E-state index < -0.39 is 0 Å². The van der Waals surface area contributed by atoms with Crippen LogP contribution in [0.1, 0.15) is 34.6 Å². The molecule has 60 valence electrons. The van der Waals surface area contributed by atoms with Crippen LogP contribution in [0.3, 0.4) is 0 Å². The van der Waals surface area contributed by atoms with Crippen LogP contribution in [0.2, 0.25) is 0 Å². The highest BCUT2D eigenvalue weighted by Gasteiger charge is 2.27. The Morgan fingerprint density at radius 2 is 1.40 bits per heavy atom. The Balaban J connectivity index is 4.38. The van der Waals surface area contributed by atoms with E-state index in [0.29, 0.717) is 17.3 Å². The minimum Gasteiger partial charge on any atom is -0.103 e. The van der Waals surface area contributed by atoms with Gasteiger partial charge in [-0.25, -0.2) is 0 Å². The number of allylic oxidation sites excluding steroid dienone is 1. The van der Waals surface area contributed by atoms with Crippen molar-refractivity contribution in [2.75, 3.05) is 0 Å². The lowest BCUT2D eigenvalue weighted by Gasteiger charge is -2.34. The fraction of sp³-hybridized carbons (Fsp3) is 0.800. The van der Waals surface area contributed by atoms with Gasteiger partial charge in [-0.05, 0) is 17.3 Å². The molecule has 0 bridgehead atoms. The van der Waals surface area contributed by atoms with Gasteiger partial charge < -0.3 is 0 Å². The Morgan fingerprint density at radius 1 is 1.10 bits per heavy atom. The predicted molar refractivity (Wildman–Crippen MR) is 48.0 cm³/mol. The molecule has 0 heteroatoms. The first kappa shape index (κ1) is 9.74. The SMILES string of the molecule is C=CC(C)(C(C)C)C(C)C. The molecule has 0 N–H and O–H groups in total. The zero-order valence-corrected chi connectivity index (χ0v) is 7.94. The highest BCUT2D eigenvalue weighted by atomic mass is 14.3. The molecule has 0 aliphatic heterocycles. The van der Waals surface area contributed by atoms with Crippen LogP contribution in [0, 0.1) is 17.3 Å². The molecular formula is C10H20. The first-order valence-corrected chi connectivity index (χ1v) is 4.08. The van der Waals surface area contributed by atoms with E-state index in [1.165, 1.54) is 0 Å². The molecule has 0 aromatic carbocycles. The minimum absolute atomic E-state index is 0.306. The van der Waals surface area contributed by atoms with Gasteiger partial charge in [0.2, 0.25) is 0 Å². The Kier molecular flexibility index (Phi) is 3.14. The third kappa shape index (κ3) is 1.62. The minimum atomic E-state index is 0.306. The van der Waals surface area contributed by atoms with Crippen LogP contribution in [-0.4, -0.2) is 0 Å². The molecule has 0 aliphatic carbocycles. The second-order valence-electron chi connectivity index (χ2n) is 3.88. The van der Waals surface area contributed by atoms with Crippen molar-refractivity contribution >= 4 is 0 Å². The summed E-state index contributed by atoms with van der Waals surface area (Å²) in [6, 6.07) is 0. The Bertz CT molecular complexity index is 101. The summed E-state index contributed by atoms with van der Waals surface area (Å²) in [5.41, 5.74) is 0.306. The average molecular weight is 140 g/mol. The van der Waals surface area contributed by atoms with Crippen molar-refractivity contribution < 1.29 is 0 Å². The molecule has 0 aromatic rings. The smallest absolute Gasteiger partial charge is 0.0103 e. The molecule has 0 fully saturated rings. The quantitative estimate of drug-likeness (QED) is 0.526. The average Bonchev–Trinajstić information content (AvgIpc) is 1.85. The van der Waals surface area contributed by atoms with Gasteiger partial charge in [0, 0.05) is 0 Å². The van der Waals surface area contributed by atoms with Crippen molar-refractivity contribution in [3.63, 3.8) is 0 Å². The summed E-state index contributed by atoms with van der Waals surface area (Å²) in [7, 11) is 0. The molecule has 0 rings (SSSR count). The van der Waals surface area contributed by atoms with Gasteiger partial charge in [0.25, 0.3) is 0 Å². The zero-order valence-electron chi connectivity index (χ0n) is 7.94. The van der Waals surface area contributed by atoms with E-state index >= 15 is 0 Å². The summed E-state index contributed by atoms with van der Waals surface area (Å²) >= 11 is 0. The van der Waals surface area contributed by atoms with Crippen LogP contribution in [0.4, 0.5) is 0 Å². The van der Waals surface area contributed by atoms with Crippen molar-refractivity contribution in [2.45, 2.75) is 34.6 Å². The molecule has 10 heavy (non-hydrogen) atoms. The van der Waals surface area contributed by atoms with Crippen molar-refractivity contribution in [2.24, 2.45) is 17.3 Å². The van der Waals surface area contributed by atoms with Gasteiger partial charge >= 0.3 is 0 Å². The molecule has 0 radical (unpaired) electrons. The molecule has 0 aliphatic rings. The van der Waals surface area contributed by atoms with Crippen molar-refractivity contribution in [1.29, 1.82) is 0 Å². The second-order valence-corrected chi connectivity index (χ2v) is 3.88. The maximum atomic E-state index is 3.88. The van der Waals surface area contributed by atoms with Crippen LogP contribution < -0.4 is 0 Å². The van der Waals surface area contributed by atoms with Gasteiger partial charge in [-0.1, -0.05) is 40.7 Å². The van der Waals surface area contributed by atoms with Gasteiger partial charge in [-0.15, -0.1) is 6.58 Å². The van der Waals surface area contributed by atoms with E-state index in [1.54, 1.807) is 0 Å². The molecule has 0 spiro atoms. The second kappa shape index (κ2) is 3.23. The predicted octanol–water partition coefficient (Wildman–Crippen LogP) is 3.49. The molecule has 0 heterocycles. The highest BCUT2D eigenvalue weighted by Crippen LogP contribution is 2.35. The lowest BCUT2D eigenvalue weighted by molar-refractivity contribution is 0.207. The number of hydrogen-bond donors (Lipinski definition) is 0. The molecule has 0 atom stereocenters. The van der Waals surface area contributed by atoms with Crippen LogP contribution in [0.5, 0.6) is 0 Å². The van der Waals surface area contributed by atoms with E-state index in [0.717, 1.165) is 0 Å². The normalized spacial score (nSPS) is 12.7. The first-order valence-electron chi connectivity index (χ1n) is 4.08. The van der Waals surface area contributed by atoms with Gasteiger partial charge in [-0.2, -0.15) is 0 Å². The molecule has 0 saturated carbocycles. The maximum absolute atomic E-state index is 3.88. The third-order valence-electron chi connectivity index (χ3n) is 2.93. The van der Waals surface area contributed by atoms with E-state index in [1.807, 2.05) is 0 Å². The Morgan fingerprint density at radius 3 is 1.40 bits per heavy atom. The lowest BCUT2D eigenvalue weighted by atomic mass is 9.71. The molecule has 0 saturated heterocycles. The Hall–Kier alpha value is -0.260. The largest absolute Gasteiger partial charge is 0.103 e. The standard InChI is InChI=1S/C10H20/c1-7-10(6,8(2)3)9(4)5/h7-9H,1H2,2-6H3. The molecule has 0 aromatic heterocycles. The highest BCUT2D eigenvalue weighted by molar-refractivity contribution is 4.95. The van der Waals surface area contributed by atoms with Crippen LogP contribution in [0.15, 0.2) is 12.7 Å². The van der Waals surface area contributed by atoms with Crippen LogP contribution in [-0.2, 0) is 0 Å². The monoisotopic (exact) mass is 140 g/mol. The number of hydrogen-bond acceptors (Lipinski definition) is 0. The fourth-order valence-electron chi connectivity index (χ4n) is 1.14. The number of rotatable bonds is 3. The molecular weight excluding hydrogens is 120 g/mol. The van der Waals surface area contributed by atoms with Gasteiger partial charge in [-0.3, -0.25) is 0 Å². The van der Waals surface area contributed by atoms with E-state index in [4.69, 9.17) is 0 Å². The molecule has 0 unspecified atom stereocenters. The first-order chi connectivity index (χ1) is 4.45. The Labute approximate surface area is 65.3 Å². The van der Waals surface area contributed by atoms with Crippen molar-refractivity contribution in [1.82, 2.24) is 0 Å². The van der Waals surface area contributed by atoms with Gasteiger partial charge in [0.15, 0.2) is 0 Å². The summed E-state index contributed by atoms with van der Waals surface area (Å²) in [6.45, 7) is 15.2.